The molecule has 49 heavy (non-hydrogen) atoms. The van der Waals surface area contributed by atoms with Gasteiger partial charge in [0.05, 0.1) is 0 Å². The van der Waals surface area contributed by atoms with Crippen molar-refractivity contribution in [3.05, 3.63) is 57.0 Å². The summed E-state index contributed by atoms with van der Waals surface area (Å²) in [5.74, 6) is 1.93. The monoisotopic (exact) mass is 865 g/mol. The first-order valence-electron chi connectivity index (χ1n) is 16.6. The molecule has 1 aliphatic carbocycles. The SMILES string of the molecule is CN(C)P(=O)(N(C)C)N(C)C.CN(C)P(=O)(N(C)C)N(C)C.C[C]1C(C)=C(C)C(C)=C1C.Cc1cc(C(C)(C)C)c(O)c(C(C)(C)C)c1.[Sm]. The predicted octanol–water partition coefficient (Wildman–Crippen LogP) is 9.12. The molecule has 0 bridgehead atoms. The van der Waals surface area contributed by atoms with Crippen molar-refractivity contribution in [1.82, 2.24) is 28.0 Å². The van der Waals surface area contributed by atoms with Crippen LogP contribution in [0.3, 0.4) is 0 Å². The quantitative estimate of drug-likeness (QED) is 0.282. The smallest absolute Gasteiger partial charge is 0.285 e. The molecule has 0 aromatic heterocycles. The molecule has 1 aromatic carbocycles. The van der Waals surface area contributed by atoms with Crippen LogP contribution in [-0.2, 0) is 20.0 Å². The van der Waals surface area contributed by atoms with Crippen LogP contribution in [0.25, 0.3) is 0 Å². The van der Waals surface area contributed by atoms with Gasteiger partial charge in [-0.05, 0) is 152 Å². The molecule has 0 unspecified atom stereocenters. The number of aromatic hydroxyl groups is 1. The summed E-state index contributed by atoms with van der Waals surface area (Å²) >= 11 is 0. The van der Waals surface area contributed by atoms with Crippen LogP contribution in [0.4, 0.5) is 0 Å². The maximum atomic E-state index is 12.1. The zero-order chi connectivity index (χ0) is 39.1. The molecule has 1 radical (unpaired) electrons. The van der Waals surface area contributed by atoms with Crippen molar-refractivity contribution in [1.29, 1.82) is 0 Å². The molecular formula is C37H75N6O3P2Sm. The third kappa shape index (κ3) is 14.4. The van der Waals surface area contributed by atoms with Gasteiger partial charge in [-0.25, -0.2) is 28.0 Å². The first-order valence-corrected chi connectivity index (χ1v) is 19.7. The number of nitrogens with zero attached hydrogens (tertiary/aromatic N) is 6. The van der Waals surface area contributed by atoms with Crippen LogP contribution in [0, 0.1) is 53.2 Å². The minimum atomic E-state index is -2.44. The largest absolute Gasteiger partial charge is 0.507 e. The van der Waals surface area contributed by atoms with Gasteiger partial charge in [0, 0.05) is 46.3 Å². The second kappa shape index (κ2) is 21.1. The molecular weight excluding hydrogens is 789 g/mol. The Kier molecular flexibility index (Phi) is 23.0. The molecule has 1 aliphatic rings. The van der Waals surface area contributed by atoms with Crippen LogP contribution in [0.2, 0.25) is 0 Å². The summed E-state index contributed by atoms with van der Waals surface area (Å²) in [5.41, 5.74) is 9.13. The van der Waals surface area contributed by atoms with Gasteiger partial charge in [-0.15, -0.1) is 0 Å². The number of hydrogen-bond acceptors (Lipinski definition) is 3. The zero-order valence-corrected chi connectivity index (χ0v) is 40.3. The maximum absolute atomic E-state index is 12.1. The summed E-state index contributed by atoms with van der Waals surface area (Å²) in [6.45, 7) is 25.9. The van der Waals surface area contributed by atoms with E-state index >= 15 is 0 Å². The first kappa shape index (κ1) is 53.4. The first-order chi connectivity index (χ1) is 21.2. The van der Waals surface area contributed by atoms with Crippen molar-refractivity contribution in [2.75, 3.05) is 84.6 Å². The standard InChI is InChI=1S/C15H24O.C10H15.2C6H18N3OP.Sm/c1-10-8-11(14(2,3)4)13(16)12(9-10)15(5,6)7;1-6-7(2)9(4)10(5)8(6)3;2*1-7(2)11(10,8(3)4)9(5)6;/h8-9,16H,1-7H3;1-5H3;2*1-6H3;. The van der Waals surface area contributed by atoms with Crippen molar-refractivity contribution in [3.8, 4) is 5.75 Å². The molecule has 12 heteroatoms. The minimum Gasteiger partial charge on any atom is -0.507 e. The van der Waals surface area contributed by atoms with Crippen molar-refractivity contribution in [2.45, 2.75) is 93.9 Å². The van der Waals surface area contributed by atoms with E-state index in [4.69, 9.17) is 0 Å². The van der Waals surface area contributed by atoms with Gasteiger partial charge in [0.15, 0.2) is 0 Å². The molecule has 0 saturated heterocycles. The Labute approximate surface area is 336 Å². The second-order valence-corrected chi connectivity index (χ2v) is 22.8. The number of allylic oxidation sites excluding steroid dienone is 4. The van der Waals surface area contributed by atoms with Crippen molar-refractivity contribution < 1.29 is 54.6 Å². The van der Waals surface area contributed by atoms with Crippen LogP contribution in [0.5, 0.6) is 5.75 Å². The molecule has 1 aromatic rings. The van der Waals surface area contributed by atoms with Gasteiger partial charge in [0.1, 0.15) is 5.75 Å². The summed E-state index contributed by atoms with van der Waals surface area (Å²) < 4.78 is 34.6. The maximum Gasteiger partial charge on any atom is 0.285 e. The fourth-order valence-corrected chi connectivity index (χ4v) is 9.77. The number of hydrogen-bond donors (Lipinski definition) is 1. The van der Waals surface area contributed by atoms with Gasteiger partial charge < -0.3 is 5.11 Å². The average Bonchev–Trinajstić information content (AvgIpc) is 3.09. The predicted molar refractivity (Wildman–Crippen MR) is 213 cm³/mol. The van der Waals surface area contributed by atoms with Crippen LogP contribution < -0.4 is 0 Å². The molecule has 0 amide bonds. The molecule has 0 saturated carbocycles. The van der Waals surface area contributed by atoms with Crippen molar-refractivity contribution in [2.24, 2.45) is 0 Å². The van der Waals surface area contributed by atoms with Gasteiger partial charge in [0.2, 0.25) is 0 Å². The Morgan fingerprint density at radius 1 is 0.469 bits per heavy atom. The van der Waals surface area contributed by atoms with E-state index in [0.717, 1.165) is 11.1 Å². The molecule has 287 valence electrons. The minimum absolute atomic E-state index is 0. The van der Waals surface area contributed by atoms with E-state index in [0.29, 0.717) is 5.75 Å². The van der Waals surface area contributed by atoms with E-state index in [1.54, 1.807) is 28.0 Å². The number of phenolic OH excluding ortho intramolecular Hbond substituents is 1. The van der Waals surface area contributed by atoms with E-state index in [1.165, 1.54) is 33.8 Å². The molecule has 0 fully saturated rings. The van der Waals surface area contributed by atoms with E-state index in [1.807, 2.05) is 84.6 Å². The van der Waals surface area contributed by atoms with E-state index in [2.05, 4.69) is 95.2 Å². The number of rotatable bonds is 6. The Morgan fingerprint density at radius 3 is 0.776 bits per heavy atom. The molecule has 0 spiro atoms. The number of benzene rings is 1. The average molecular weight is 864 g/mol. The van der Waals surface area contributed by atoms with Crippen LogP contribution >= 0.6 is 15.2 Å². The molecule has 0 heterocycles. The van der Waals surface area contributed by atoms with Gasteiger partial charge >= 0.3 is 0 Å². The molecule has 1 N–H and O–H groups in total. The second-order valence-electron chi connectivity index (χ2n) is 15.9. The van der Waals surface area contributed by atoms with Crippen molar-refractivity contribution in [3.63, 3.8) is 0 Å². The summed E-state index contributed by atoms with van der Waals surface area (Å²) in [7, 11) is 17.0. The molecule has 2 rings (SSSR count). The Balaban J connectivity index is -0.000000583. The van der Waals surface area contributed by atoms with Crippen molar-refractivity contribution >= 4 is 15.2 Å². The Morgan fingerprint density at radius 2 is 0.673 bits per heavy atom. The summed E-state index contributed by atoms with van der Waals surface area (Å²) in [6.07, 6.45) is 0. The van der Waals surface area contributed by atoms with Crippen LogP contribution in [0.1, 0.15) is 92.9 Å². The Bertz CT molecular complexity index is 1200. The molecule has 0 aliphatic heterocycles. The van der Waals surface area contributed by atoms with Gasteiger partial charge in [-0.1, -0.05) is 77.3 Å². The molecule has 0 atom stereocenters. The number of phenols is 1. The summed E-state index contributed by atoms with van der Waals surface area (Å²) in [6, 6.07) is 4.18. The summed E-state index contributed by atoms with van der Waals surface area (Å²) in [5, 5.41) is 10.4. The van der Waals surface area contributed by atoms with E-state index in [9.17, 15) is 14.2 Å². The third-order valence-corrected chi connectivity index (χ3v) is 15.1. The fourth-order valence-electron chi connectivity index (χ4n) is 5.48. The van der Waals surface area contributed by atoms with E-state index in [-0.39, 0.29) is 51.2 Å². The normalized spacial score (nSPS) is 14.7. The topological polar surface area (TPSA) is 73.8 Å². The Hall–Kier alpha value is 0.0577. The van der Waals surface area contributed by atoms with Gasteiger partial charge in [-0.2, -0.15) is 0 Å². The van der Waals surface area contributed by atoms with Crippen LogP contribution in [0.15, 0.2) is 34.4 Å². The number of aryl methyl sites for hydroxylation is 1. The van der Waals surface area contributed by atoms with Gasteiger partial charge in [-0.3, -0.25) is 9.13 Å². The molecule has 9 nitrogen and oxygen atoms in total. The fraction of sp³-hybridized carbons (Fsp3) is 0.703. The van der Waals surface area contributed by atoms with E-state index < -0.39 is 15.2 Å². The van der Waals surface area contributed by atoms with Crippen LogP contribution in [-0.4, -0.2) is 118 Å². The summed E-state index contributed by atoms with van der Waals surface area (Å²) in [4.78, 5) is 0. The van der Waals surface area contributed by atoms with Gasteiger partial charge in [0.25, 0.3) is 15.2 Å². The zero-order valence-electron chi connectivity index (χ0n) is 35.9. The third-order valence-electron chi connectivity index (χ3n) is 8.81.